The van der Waals surface area contributed by atoms with Crippen LogP contribution in [0.5, 0.6) is 0 Å². The van der Waals surface area contributed by atoms with Crippen LogP contribution in [-0.2, 0) is 32.8 Å². The van der Waals surface area contributed by atoms with E-state index in [1.807, 2.05) is 0 Å². The predicted molar refractivity (Wildman–Crippen MR) is 64.8 cm³/mol. The van der Waals surface area contributed by atoms with Gasteiger partial charge in [-0.3, -0.25) is 14.4 Å². The molecule has 0 bridgehead atoms. The molecule has 108 valence electrons. The summed E-state index contributed by atoms with van der Waals surface area (Å²) in [5.41, 5.74) is -0.873. The Bertz CT molecular complexity index is 370. The van der Waals surface area contributed by atoms with Gasteiger partial charge in [-0.05, 0) is 6.92 Å². The Kier molecular flexibility index (Phi) is 5.61. The zero-order valence-corrected chi connectivity index (χ0v) is 11.9. The molecule has 1 aliphatic heterocycles. The van der Waals surface area contributed by atoms with Crippen molar-refractivity contribution >= 4 is 30.0 Å². The van der Waals surface area contributed by atoms with Gasteiger partial charge in [0.15, 0.2) is 12.2 Å². The molecule has 0 aromatic rings. The molecule has 4 atom stereocenters. The van der Waals surface area contributed by atoms with Crippen molar-refractivity contribution in [3.05, 3.63) is 0 Å². The van der Waals surface area contributed by atoms with Crippen molar-refractivity contribution in [1.29, 1.82) is 0 Å². The van der Waals surface area contributed by atoms with E-state index in [9.17, 15) is 14.4 Å². The first kappa shape index (κ1) is 15.8. The number of carbonyl (C=O) groups excluding carboxylic acids is 3. The molecule has 1 saturated heterocycles. The standard InChI is InChI=1S/C11H16O7S/c1-5-9(15-6(2)12)10(16-7(3)13)11(19-18-5)17-8(4)14/h5,9-11H,1-4H3/t5-,9+,10+,11+/m0/s1. The third-order valence-corrected chi connectivity index (χ3v) is 3.21. The van der Waals surface area contributed by atoms with Gasteiger partial charge in [0.2, 0.25) is 5.44 Å². The van der Waals surface area contributed by atoms with E-state index in [2.05, 4.69) is 0 Å². The van der Waals surface area contributed by atoms with E-state index in [1.54, 1.807) is 6.92 Å². The molecule has 19 heavy (non-hydrogen) atoms. The Morgan fingerprint density at radius 1 is 0.895 bits per heavy atom. The fourth-order valence-electron chi connectivity index (χ4n) is 1.59. The summed E-state index contributed by atoms with van der Waals surface area (Å²) < 4.78 is 20.5. The maximum absolute atomic E-state index is 11.1. The third-order valence-electron chi connectivity index (χ3n) is 2.24. The van der Waals surface area contributed by atoms with Crippen LogP contribution in [0.2, 0.25) is 0 Å². The summed E-state index contributed by atoms with van der Waals surface area (Å²) in [5.74, 6) is -1.64. The largest absolute Gasteiger partial charge is 0.456 e. The lowest BCUT2D eigenvalue weighted by atomic mass is 10.1. The van der Waals surface area contributed by atoms with Crippen molar-refractivity contribution in [1.82, 2.24) is 0 Å². The average molecular weight is 292 g/mol. The lowest BCUT2D eigenvalue weighted by molar-refractivity contribution is -0.186. The van der Waals surface area contributed by atoms with Crippen molar-refractivity contribution in [2.75, 3.05) is 0 Å². The van der Waals surface area contributed by atoms with Crippen LogP contribution in [0.4, 0.5) is 0 Å². The van der Waals surface area contributed by atoms with Gasteiger partial charge in [-0.15, -0.1) is 0 Å². The minimum atomic E-state index is -0.904. The Balaban J connectivity index is 2.89. The molecule has 1 heterocycles. The number of hydrogen-bond acceptors (Lipinski definition) is 8. The zero-order chi connectivity index (χ0) is 14.6. The highest BCUT2D eigenvalue weighted by atomic mass is 32.2. The Labute approximate surface area is 115 Å². The number of rotatable bonds is 3. The van der Waals surface area contributed by atoms with Gasteiger partial charge in [-0.1, -0.05) is 0 Å². The van der Waals surface area contributed by atoms with E-state index < -0.39 is 41.7 Å². The minimum absolute atomic E-state index is 0.495. The second-order valence-corrected chi connectivity index (χ2v) is 4.87. The second kappa shape index (κ2) is 6.76. The second-order valence-electron chi connectivity index (χ2n) is 4.02. The van der Waals surface area contributed by atoms with Crippen LogP contribution in [0.15, 0.2) is 0 Å². The SMILES string of the molecule is CC(=O)O[C@@H]1[C@H](OC(C)=O)[C@H](C)OS[C@H]1OC(C)=O. The van der Waals surface area contributed by atoms with Crippen LogP contribution in [-0.4, -0.2) is 41.7 Å². The van der Waals surface area contributed by atoms with Gasteiger partial charge in [0.1, 0.15) is 6.10 Å². The molecular weight excluding hydrogens is 276 g/mol. The molecule has 0 saturated carbocycles. The summed E-state index contributed by atoms with van der Waals surface area (Å²) in [6, 6.07) is 0. The molecule has 0 unspecified atom stereocenters. The number of ether oxygens (including phenoxy) is 3. The molecule has 7 nitrogen and oxygen atoms in total. The van der Waals surface area contributed by atoms with Gasteiger partial charge in [0.25, 0.3) is 0 Å². The van der Waals surface area contributed by atoms with Gasteiger partial charge >= 0.3 is 17.9 Å². The molecule has 0 N–H and O–H groups in total. The maximum atomic E-state index is 11.1. The highest BCUT2D eigenvalue weighted by molar-refractivity contribution is 7.95. The smallest absolute Gasteiger partial charge is 0.303 e. The predicted octanol–water partition coefficient (Wildman–Crippen LogP) is 0.806. The quantitative estimate of drug-likeness (QED) is 0.429. The van der Waals surface area contributed by atoms with Crippen LogP contribution in [0.1, 0.15) is 27.7 Å². The highest BCUT2D eigenvalue weighted by Gasteiger charge is 2.46. The molecule has 0 spiro atoms. The van der Waals surface area contributed by atoms with E-state index >= 15 is 0 Å². The number of hydrogen-bond donors (Lipinski definition) is 0. The van der Waals surface area contributed by atoms with Gasteiger partial charge in [0, 0.05) is 32.8 Å². The first-order valence-electron chi connectivity index (χ1n) is 5.65. The van der Waals surface area contributed by atoms with Gasteiger partial charge < -0.3 is 18.4 Å². The van der Waals surface area contributed by atoms with E-state index in [0.717, 1.165) is 12.0 Å². The first-order valence-corrected chi connectivity index (χ1v) is 6.45. The first-order chi connectivity index (χ1) is 8.81. The van der Waals surface area contributed by atoms with Crippen molar-refractivity contribution in [3.8, 4) is 0 Å². The van der Waals surface area contributed by atoms with E-state index in [4.69, 9.17) is 18.4 Å². The number of esters is 3. The van der Waals surface area contributed by atoms with E-state index in [0.29, 0.717) is 0 Å². The lowest BCUT2D eigenvalue weighted by Crippen LogP contribution is -2.52. The van der Waals surface area contributed by atoms with Crippen LogP contribution < -0.4 is 0 Å². The summed E-state index contributed by atoms with van der Waals surface area (Å²) in [6.07, 6.45) is -2.23. The van der Waals surface area contributed by atoms with Gasteiger partial charge in [0.05, 0.1) is 0 Å². The molecule has 0 aromatic heterocycles. The van der Waals surface area contributed by atoms with Crippen LogP contribution in [0, 0.1) is 0 Å². The topological polar surface area (TPSA) is 88.1 Å². The molecule has 1 aliphatic rings. The molecule has 0 amide bonds. The van der Waals surface area contributed by atoms with Crippen LogP contribution in [0.25, 0.3) is 0 Å². The average Bonchev–Trinajstić information content (AvgIpc) is 2.25. The fourth-order valence-corrected chi connectivity index (χ4v) is 2.48. The van der Waals surface area contributed by atoms with Crippen molar-refractivity contribution in [3.63, 3.8) is 0 Å². The van der Waals surface area contributed by atoms with Gasteiger partial charge in [-0.2, -0.15) is 0 Å². The number of carbonyl (C=O) groups is 3. The monoisotopic (exact) mass is 292 g/mol. The summed E-state index contributed by atoms with van der Waals surface area (Å²) in [7, 11) is 0. The Hall–Kier alpha value is -1.28. The lowest BCUT2D eigenvalue weighted by Gasteiger charge is -2.38. The summed E-state index contributed by atoms with van der Waals surface area (Å²) in [6.45, 7) is 5.35. The van der Waals surface area contributed by atoms with E-state index in [1.165, 1.54) is 20.8 Å². The third kappa shape index (κ3) is 4.71. The van der Waals surface area contributed by atoms with Gasteiger partial charge in [-0.25, -0.2) is 0 Å². The Morgan fingerprint density at radius 2 is 1.37 bits per heavy atom. The normalized spacial score (nSPS) is 30.3. The van der Waals surface area contributed by atoms with Crippen LogP contribution in [0.3, 0.4) is 0 Å². The molecule has 1 rings (SSSR count). The summed E-state index contributed by atoms with van der Waals surface area (Å²) in [5, 5.41) is 0. The summed E-state index contributed by atoms with van der Waals surface area (Å²) >= 11 is 0.869. The summed E-state index contributed by atoms with van der Waals surface area (Å²) in [4.78, 5) is 33.2. The molecule has 0 aliphatic carbocycles. The molecule has 0 aromatic carbocycles. The van der Waals surface area contributed by atoms with Crippen molar-refractivity contribution < 1.29 is 32.8 Å². The minimum Gasteiger partial charge on any atom is -0.456 e. The molecule has 8 heteroatoms. The van der Waals surface area contributed by atoms with Crippen molar-refractivity contribution in [2.24, 2.45) is 0 Å². The molecular formula is C11H16O7S. The Morgan fingerprint density at radius 3 is 1.84 bits per heavy atom. The van der Waals surface area contributed by atoms with Crippen molar-refractivity contribution in [2.45, 2.75) is 51.4 Å². The molecule has 1 fully saturated rings. The fraction of sp³-hybridized carbons (Fsp3) is 0.727. The maximum Gasteiger partial charge on any atom is 0.303 e. The van der Waals surface area contributed by atoms with E-state index in [-0.39, 0.29) is 0 Å². The highest BCUT2D eigenvalue weighted by Crippen LogP contribution is 2.33. The van der Waals surface area contributed by atoms with Crippen LogP contribution >= 0.6 is 12.0 Å². The zero-order valence-electron chi connectivity index (χ0n) is 11.1. The molecule has 0 radical (unpaired) electrons.